The number of pyridine rings is 1. The molecule has 5 nitrogen and oxygen atoms in total. The van der Waals surface area contributed by atoms with Crippen molar-refractivity contribution < 1.29 is 19.4 Å². The van der Waals surface area contributed by atoms with E-state index in [1.165, 1.54) is 0 Å². The van der Waals surface area contributed by atoms with E-state index >= 15 is 0 Å². The van der Waals surface area contributed by atoms with Crippen molar-refractivity contribution in [3.63, 3.8) is 0 Å². The van der Waals surface area contributed by atoms with Gasteiger partial charge in [-0.05, 0) is 48.0 Å². The first kappa shape index (κ1) is 19.7. The van der Waals surface area contributed by atoms with Crippen LogP contribution in [0, 0.1) is 0 Å². The van der Waals surface area contributed by atoms with Gasteiger partial charge in [0.15, 0.2) is 0 Å². The maximum absolute atomic E-state index is 10.7. The molecule has 2 aromatic carbocycles. The third kappa shape index (κ3) is 5.72. The lowest BCUT2D eigenvalue weighted by atomic mass is 10.1. The standard InChI is InChI=1S/C22H20ClNO4/c23-17-7-10-21(19(15-17)20-4-1-2-11-24-20)28-13-3-12-27-18-8-5-16(6-9-18)14-22(25)26/h1-2,4-11,15H,3,12-14H2,(H,25,26). The van der Waals surface area contributed by atoms with Crippen LogP contribution in [0.15, 0.2) is 66.9 Å². The number of carboxylic acids is 1. The Morgan fingerprint density at radius 2 is 1.79 bits per heavy atom. The van der Waals surface area contributed by atoms with Crippen molar-refractivity contribution in [1.82, 2.24) is 4.98 Å². The SMILES string of the molecule is O=C(O)Cc1ccc(OCCCOc2ccc(Cl)cc2-c2ccccn2)cc1. The smallest absolute Gasteiger partial charge is 0.307 e. The lowest BCUT2D eigenvalue weighted by molar-refractivity contribution is -0.136. The predicted molar refractivity (Wildman–Crippen MR) is 108 cm³/mol. The van der Waals surface area contributed by atoms with E-state index in [0.717, 1.165) is 22.6 Å². The number of hydrogen-bond acceptors (Lipinski definition) is 4. The van der Waals surface area contributed by atoms with Gasteiger partial charge < -0.3 is 14.6 Å². The minimum absolute atomic E-state index is 0.00775. The van der Waals surface area contributed by atoms with Gasteiger partial charge in [-0.2, -0.15) is 0 Å². The van der Waals surface area contributed by atoms with Gasteiger partial charge in [0.1, 0.15) is 11.5 Å². The Kier molecular flexibility index (Phi) is 6.87. The van der Waals surface area contributed by atoms with Crippen LogP contribution in [0.3, 0.4) is 0 Å². The van der Waals surface area contributed by atoms with E-state index in [2.05, 4.69) is 4.98 Å². The third-order valence-electron chi connectivity index (χ3n) is 3.98. The fourth-order valence-electron chi connectivity index (χ4n) is 2.66. The van der Waals surface area contributed by atoms with Crippen LogP contribution >= 0.6 is 11.6 Å². The van der Waals surface area contributed by atoms with Crippen LogP contribution in [0.2, 0.25) is 5.02 Å². The number of aliphatic carboxylic acids is 1. The molecule has 3 aromatic rings. The van der Waals surface area contributed by atoms with Gasteiger partial charge in [0.25, 0.3) is 0 Å². The topological polar surface area (TPSA) is 68.7 Å². The first-order valence-electron chi connectivity index (χ1n) is 8.89. The van der Waals surface area contributed by atoms with Gasteiger partial charge in [-0.15, -0.1) is 0 Å². The van der Waals surface area contributed by atoms with E-state index in [0.29, 0.717) is 30.4 Å². The van der Waals surface area contributed by atoms with E-state index < -0.39 is 5.97 Å². The third-order valence-corrected chi connectivity index (χ3v) is 4.21. The quantitative estimate of drug-likeness (QED) is 0.521. The zero-order valence-corrected chi connectivity index (χ0v) is 15.9. The molecule has 0 saturated heterocycles. The molecular formula is C22H20ClNO4. The Morgan fingerprint density at radius 3 is 2.50 bits per heavy atom. The van der Waals surface area contributed by atoms with Crippen LogP contribution in [0.25, 0.3) is 11.3 Å². The summed E-state index contributed by atoms with van der Waals surface area (Å²) in [5, 5.41) is 9.41. The molecule has 0 radical (unpaired) electrons. The Morgan fingerprint density at radius 1 is 1.00 bits per heavy atom. The molecule has 0 aliphatic heterocycles. The maximum Gasteiger partial charge on any atom is 0.307 e. The minimum atomic E-state index is -0.849. The molecule has 28 heavy (non-hydrogen) atoms. The second kappa shape index (κ2) is 9.76. The minimum Gasteiger partial charge on any atom is -0.493 e. The van der Waals surface area contributed by atoms with Crippen LogP contribution in [-0.4, -0.2) is 29.3 Å². The van der Waals surface area contributed by atoms with Crippen molar-refractivity contribution in [2.24, 2.45) is 0 Å². The summed E-state index contributed by atoms with van der Waals surface area (Å²) < 4.78 is 11.6. The van der Waals surface area contributed by atoms with Crippen molar-refractivity contribution in [2.75, 3.05) is 13.2 Å². The normalized spacial score (nSPS) is 10.5. The Balaban J connectivity index is 1.50. The average Bonchev–Trinajstić information content (AvgIpc) is 2.70. The van der Waals surface area contributed by atoms with Crippen molar-refractivity contribution >= 4 is 17.6 Å². The number of carboxylic acid groups (broad SMARTS) is 1. The van der Waals surface area contributed by atoms with Crippen molar-refractivity contribution in [2.45, 2.75) is 12.8 Å². The molecule has 0 amide bonds. The highest BCUT2D eigenvalue weighted by molar-refractivity contribution is 6.30. The second-order valence-electron chi connectivity index (χ2n) is 6.12. The van der Waals surface area contributed by atoms with Gasteiger partial charge in [0, 0.05) is 23.2 Å². The van der Waals surface area contributed by atoms with Crippen LogP contribution in [0.1, 0.15) is 12.0 Å². The van der Waals surface area contributed by atoms with Crippen LogP contribution in [-0.2, 0) is 11.2 Å². The molecule has 0 fully saturated rings. The van der Waals surface area contributed by atoms with Crippen LogP contribution in [0.4, 0.5) is 0 Å². The highest BCUT2D eigenvalue weighted by Crippen LogP contribution is 2.31. The molecule has 0 aliphatic carbocycles. The van der Waals surface area contributed by atoms with Gasteiger partial charge in [-0.1, -0.05) is 29.8 Å². The molecule has 6 heteroatoms. The molecular weight excluding hydrogens is 378 g/mol. The van der Waals surface area contributed by atoms with Gasteiger partial charge in [-0.3, -0.25) is 9.78 Å². The molecule has 0 aliphatic rings. The Bertz CT molecular complexity index is 914. The number of halogens is 1. The van der Waals surface area contributed by atoms with Crippen LogP contribution in [0.5, 0.6) is 11.5 Å². The number of aromatic nitrogens is 1. The fraction of sp³-hybridized carbons (Fsp3) is 0.182. The lowest BCUT2D eigenvalue weighted by Crippen LogP contribution is -2.06. The zero-order chi connectivity index (χ0) is 19.8. The molecule has 0 saturated carbocycles. The molecule has 144 valence electrons. The summed E-state index contributed by atoms with van der Waals surface area (Å²) >= 11 is 6.12. The number of benzene rings is 2. The number of rotatable bonds is 9. The maximum atomic E-state index is 10.7. The van der Waals surface area contributed by atoms with E-state index in [1.54, 1.807) is 36.5 Å². The molecule has 0 spiro atoms. The molecule has 0 unspecified atom stereocenters. The van der Waals surface area contributed by atoms with Gasteiger partial charge in [0.05, 0.1) is 25.3 Å². The highest BCUT2D eigenvalue weighted by atomic mass is 35.5. The predicted octanol–water partition coefficient (Wildman–Crippen LogP) is 4.88. The fourth-order valence-corrected chi connectivity index (χ4v) is 2.83. The largest absolute Gasteiger partial charge is 0.493 e. The van der Waals surface area contributed by atoms with E-state index in [9.17, 15) is 4.79 Å². The summed E-state index contributed by atoms with van der Waals surface area (Å²) in [6.45, 7) is 0.976. The molecule has 1 N–H and O–H groups in total. The van der Waals surface area contributed by atoms with E-state index in [4.69, 9.17) is 26.2 Å². The van der Waals surface area contributed by atoms with E-state index in [-0.39, 0.29) is 6.42 Å². The second-order valence-corrected chi connectivity index (χ2v) is 6.56. The zero-order valence-electron chi connectivity index (χ0n) is 15.2. The number of hydrogen-bond donors (Lipinski definition) is 1. The summed E-state index contributed by atoms with van der Waals surface area (Å²) in [5.41, 5.74) is 2.40. The summed E-state index contributed by atoms with van der Waals surface area (Å²) in [5.74, 6) is 0.578. The van der Waals surface area contributed by atoms with E-state index in [1.807, 2.05) is 30.3 Å². The molecule has 0 atom stereocenters. The van der Waals surface area contributed by atoms with Crippen molar-refractivity contribution in [1.29, 1.82) is 0 Å². The van der Waals surface area contributed by atoms with Crippen molar-refractivity contribution in [3.8, 4) is 22.8 Å². The Labute approximate surface area is 168 Å². The number of ether oxygens (including phenoxy) is 2. The summed E-state index contributed by atoms with van der Waals surface area (Å²) in [6, 6.07) is 18.2. The van der Waals surface area contributed by atoms with Gasteiger partial charge >= 0.3 is 5.97 Å². The molecule has 0 bridgehead atoms. The Hall–Kier alpha value is -3.05. The first-order chi connectivity index (χ1) is 13.6. The number of carbonyl (C=O) groups is 1. The van der Waals surface area contributed by atoms with Gasteiger partial charge in [0.2, 0.25) is 0 Å². The summed E-state index contributed by atoms with van der Waals surface area (Å²) in [7, 11) is 0. The summed E-state index contributed by atoms with van der Waals surface area (Å²) in [6.07, 6.45) is 2.44. The number of nitrogens with zero attached hydrogens (tertiary/aromatic N) is 1. The average molecular weight is 398 g/mol. The first-order valence-corrected chi connectivity index (χ1v) is 9.27. The monoisotopic (exact) mass is 397 g/mol. The lowest BCUT2D eigenvalue weighted by Gasteiger charge is -2.12. The van der Waals surface area contributed by atoms with Crippen molar-refractivity contribution in [3.05, 3.63) is 77.4 Å². The summed E-state index contributed by atoms with van der Waals surface area (Å²) in [4.78, 5) is 15.1. The molecule has 1 aromatic heterocycles. The molecule has 1 heterocycles. The van der Waals surface area contributed by atoms with Gasteiger partial charge in [-0.25, -0.2) is 0 Å². The molecule has 3 rings (SSSR count). The highest BCUT2D eigenvalue weighted by Gasteiger charge is 2.08. The van der Waals surface area contributed by atoms with Crippen LogP contribution < -0.4 is 9.47 Å².